The van der Waals surface area contributed by atoms with Crippen molar-refractivity contribution >= 4 is 17.5 Å². The molecule has 0 saturated heterocycles. The molecule has 0 aliphatic carbocycles. The third-order valence-electron chi connectivity index (χ3n) is 2.55. The Kier molecular flexibility index (Phi) is 5.32. The monoisotopic (exact) mass is 250 g/mol. The van der Waals surface area contributed by atoms with Crippen molar-refractivity contribution in [2.75, 3.05) is 19.0 Å². The molecular weight excluding hydrogens is 232 g/mol. The number of carbonyl (C=O) groups is 2. The van der Waals surface area contributed by atoms with E-state index < -0.39 is 0 Å². The first-order chi connectivity index (χ1) is 8.58. The van der Waals surface area contributed by atoms with Gasteiger partial charge in [0, 0.05) is 31.3 Å². The van der Waals surface area contributed by atoms with Crippen LogP contribution >= 0.6 is 0 Å². The normalized spacial score (nSPS) is 9.94. The predicted octanol–water partition coefficient (Wildman–Crippen LogP) is 1.07. The van der Waals surface area contributed by atoms with Crippen molar-refractivity contribution in [3.63, 3.8) is 0 Å². The highest BCUT2D eigenvalue weighted by molar-refractivity contribution is 5.96. The zero-order valence-electron chi connectivity index (χ0n) is 10.6. The van der Waals surface area contributed by atoms with Crippen LogP contribution in [0.15, 0.2) is 18.2 Å². The van der Waals surface area contributed by atoms with E-state index in [9.17, 15) is 9.59 Å². The quantitative estimate of drug-likeness (QED) is 0.731. The molecule has 0 atom stereocenters. The molecule has 0 aliphatic rings. The van der Waals surface area contributed by atoms with Crippen LogP contribution in [-0.2, 0) is 4.79 Å². The summed E-state index contributed by atoms with van der Waals surface area (Å²) in [5.41, 5.74) is 2.07. The minimum Gasteiger partial charge on any atom is -0.396 e. The molecule has 0 saturated carbocycles. The lowest BCUT2D eigenvalue weighted by molar-refractivity contribution is -0.116. The van der Waals surface area contributed by atoms with Crippen LogP contribution in [0.5, 0.6) is 0 Å². The van der Waals surface area contributed by atoms with Gasteiger partial charge in [0.2, 0.25) is 5.91 Å². The van der Waals surface area contributed by atoms with Gasteiger partial charge in [-0.05, 0) is 37.1 Å². The smallest absolute Gasteiger partial charge is 0.251 e. The van der Waals surface area contributed by atoms with Gasteiger partial charge in [-0.2, -0.15) is 0 Å². The van der Waals surface area contributed by atoms with Gasteiger partial charge < -0.3 is 15.7 Å². The third kappa shape index (κ3) is 3.85. The molecule has 1 aromatic carbocycles. The molecule has 0 spiro atoms. The summed E-state index contributed by atoms with van der Waals surface area (Å²) < 4.78 is 0. The van der Waals surface area contributed by atoms with Crippen molar-refractivity contribution < 1.29 is 14.7 Å². The molecule has 5 nitrogen and oxygen atoms in total. The van der Waals surface area contributed by atoms with Crippen molar-refractivity contribution in [1.82, 2.24) is 5.32 Å². The number of amides is 2. The van der Waals surface area contributed by atoms with E-state index >= 15 is 0 Å². The first kappa shape index (κ1) is 14.2. The summed E-state index contributed by atoms with van der Waals surface area (Å²) in [5, 5.41) is 13.9. The van der Waals surface area contributed by atoms with Crippen LogP contribution in [0.2, 0.25) is 0 Å². The SMILES string of the molecule is CNC(=O)c1ccc(NC(=O)CCCO)c(C)c1. The fraction of sp³-hybridized carbons (Fsp3) is 0.385. The number of anilines is 1. The van der Waals surface area contributed by atoms with Crippen molar-refractivity contribution in [3.05, 3.63) is 29.3 Å². The molecule has 18 heavy (non-hydrogen) atoms. The van der Waals surface area contributed by atoms with Gasteiger partial charge in [-0.3, -0.25) is 9.59 Å². The standard InChI is InChI=1S/C13H18N2O3/c1-9-8-10(13(18)14-2)5-6-11(9)15-12(17)4-3-7-16/h5-6,8,16H,3-4,7H2,1-2H3,(H,14,18)(H,15,17). The Hall–Kier alpha value is -1.88. The Bertz CT molecular complexity index is 444. The van der Waals surface area contributed by atoms with E-state index in [-0.39, 0.29) is 24.8 Å². The molecule has 0 aromatic heterocycles. The van der Waals surface area contributed by atoms with Crippen LogP contribution < -0.4 is 10.6 Å². The summed E-state index contributed by atoms with van der Waals surface area (Å²) in [7, 11) is 1.57. The van der Waals surface area contributed by atoms with Gasteiger partial charge in [0.15, 0.2) is 0 Å². The lowest BCUT2D eigenvalue weighted by Gasteiger charge is -2.09. The molecule has 0 aliphatic heterocycles. The largest absolute Gasteiger partial charge is 0.396 e. The number of hydrogen-bond donors (Lipinski definition) is 3. The Balaban J connectivity index is 2.74. The zero-order valence-corrected chi connectivity index (χ0v) is 10.6. The van der Waals surface area contributed by atoms with Crippen LogP contribution in [0.4, 0.5) is 5.69 Å². The molecule has 5 heteroatoms. The first-order valence-corrected chi connectivity index (χ1v) is 5.82. The fourth-order valence-corrected chi connectivity index (χ4v) is 1.54. The van der Waals surface area contributed by atoms with Crippen molar-refractivity contribution in [2.24, 2.45) is 0 Å². The molecular formula is C13H18N2O3. The number of hydrogen-bond acceptors (Lipinski definition) is 3. The van der Waals surface area contributed by atoms with Crippen molar-refractivity contribution in [3.8, 4) is 0 Å². The fourth-order valence-electron chi connectivity index (χ4n) is 1.54. The number of aliphatic hydroxyl groups excluding tert-OH is 1. The van der Waals surface area contributed by atoms with E-state index in [1.165, 1.54) is 0 Å². The minimum absolute atomic E-state index is 0.00200. The topological polar surface area (TPSA) is 78.4 Å². The number of carbonyl (C=O) groups excluding carboxylic acids is 2. The van der Waals surface area contributed by atoms with Gasteiger partial charge in [-0.25, -0.2) is 0 Å². The summed E-state index contributed by atoms with van der Waals surface area (Å²) in [6.45, 7) is 1.83. The second-order valence-electron chi connectivity index (χ2n) is 3.98. The van der Waals surface area contributed by atoms with Crippen molar-refractivity contribution in [2.45, 2.75) is 19.8 Å². The average Bonchev–Trinajstić information content (AvgIpc) is 2.37. The van der Waals surface area contributed by atoms with Crippen LogP contribution in [-0.4, -0.2) is 30.6 Å². The van der Waals surface area contributed by atoms with Crippen molar-refractivity contribution in [1.29, 1.82) is 0 Å². The summed E-state index contributed by atoms with van der Waals surface area (Å²) in [6.07, 6.45) is 0.730. The Morgan fingerprint density at radius 1 is 1.33 bits per heavy atom. The molecule has 1 rings (SSSR count). The molecule has 0 unspecified atom stereocenters. The summed E-state index contributed by atoms with van der Waals surface area (Å²) in [4.78, 5) is 22.9. The average molecular weight is 250 g/mol. The molecule has 98 valence electrons. The van der Waals surface area contributed by atoms with E-state index in [1.54, 1.807) is 25.2 Å². The Morgan fingerprint density at radius 3 is 2.61 bits per heavy atom. The lowest BCUT2D eigenvalue weighted by atomic mass is 10.1. The highest BCUT2D eigenvalue weighted by Crippen LogP contribution is 2.17. The van der Waals surface area contributed by atoms with Gasteiger partial charge in [-0.1, -0.05) is 0 Å². The van der Waals surface area contributed by atoms with Crippen LogP contribution in [0, 0.1) is 6.92 Å². The number of aryl methyl sites for hydroxylation is 1. The highest BCUT2D eigenvalue weighted by Gasteiger charge is 2.08. The minimum atomic E-state index is -0.156. The molecule has 2 amide bonds. The second kappa shape index (κ2) is 6.76. The first-order valence-electron chi connectivity index (χ1n) is 5.82. The maximum Gasteiger partial charge on any atom is 0.251 e. The van der Waals surface area contributed by atoms with E-state index in [2.05, 4.69) is 10.6 Å². The number of benzene rings is 1. The van der Waals surface area contributed by atoms with E-state index in [1.807, 2.05) is 6.92 Å². The summed E-state index contributed by atoms with van der Waals surface area (Å²) >= 11 is 0. The van der Waals surface area contributed by atoms with Gasteiger partial charge in [0.05, 0.1) is 0 Å². The zero-order chi connectivity index (χ0) is 13.5. The molecule has 3 N–H and O–H groups in total. The third-order valence-corrected chi connectivity index (χ3v) is 2.55. The van der Waals surface area contributed by atoms with Gasteiger partial charge in [0.25, 0.3) is 5.91 Å². The van der Waals surface area contributed by atoms with Crippen LogP contribution in [0.3, 0.4) is 0 Å². The van der Waals surface area contributed by atoms with Crippen LogP contribution in [0.1, 0.15) is 28.8 Å². The van der Waals surface area contributed by atoms with E-state index in [0.29, 0.717) is 17.7 Å². The van der Waals surface area contributed by atoms with Gasteiger partial charge in [-0.15, -0.1) is 0 Å². The van der Waals surface area contributed by atoms with Gasteiger partial charge in [0.1, 0.15) is 0 Å². The maximum atomic E-state index is 11.5. The summed E-state index contributed by atoms with van der Waals surface area (Å²) in [6, 6.07) is 5.09. The van der Waals surface area contributed by atoms with E-state index in [4.69, 9.17) is 5.11 Å². The lowest BCUT2D eigenvalue weighted by Crippen LogP contribution is -2.18. The maximum absolute atomic E-state index is 11.5. The van der Waals surface area contributed by atoms with E-state index in [0.717, 1.165) is 5.56 Å². The molecule has 1 aromatic rings. The predicted molar refractivity (Wildman–Crippen MR) is 69.5 cm³/mol. The molecule has 0 bridgehead atoms. The number of nitrogens with one attached hydrogen (secondary N) is 2. The molecule has 0 heterocycles. The van der Waals surface area contributed by atoms with Gasteiger partial charge >= 0.3 is 0 Å². The molecule has 0 radical (unpaired) electrons. The Labute approximate surface area is 106 Å². The Morgan fingerprint density at radius 2 is 2.06 bits per heavy atom. The number of rotatable bonds is 5. The van der Waals surface area contributed by atoms with Crippen LogP contribution in [0.25, 0.3) is 0 Å². The highest BCUT2D eigenvalue weighted by atomic mass is 16.3. The molecule has 0 fully saturated rings. The summed E-state index contributed by atoms with van der Waals surface area (Å²) in [5.74, 6) is -0.295. The number of aliphatic hydroxyl groups is 1. The second-order valence-corrected chi connectivity index (χ2v) is 3.98.